The SMILES string of the molecule is O=C1Nc2ccccc2C1=CNc1ccc(NCc2ccccn2)c(C(F)(F)F)c1. The van der Waals surface area contributed by atoms with Crippen molar-refractivity contribution in [3.8, 4) is 0 Å². The van der Waals surface area contributed by atoms with Crippen LogP contribution in [0.25, 0.3) is 5.57 Å². The van der Waals surface area contributed by atoms with Crippen LogP contribution in [0.3, 0.4) is 0 Å². The molecule has 3 N–H and O–H groups in total. The fraction of sp³-hybridized carbons (Fsp3) is 0.0909. The Morgan fingerprint density at radius 1 is 1.03 bits per heavy atom. The van der Waals surface area contributed by atoms with Gasteiger partial charge in [-0.1, -0.05) is 24.3 Å². The normalized spacial score (nSPS) is 14.4. The maximum Gasteiger partial charge on any atom is 0.418 e. The molecular formula is C22H17F3N4O. The van der Waals surface area contributed by atoms with Crippen molar-refractivity contribution >= 4 is 28.5 Å². The Bertz CT molecular complexity index is 1110. The van der Waals surface area contributed by atoms with Crippen molar-refractivity contribution in [2.45, 2.75) is 12.7 Å². The Balaban J connectivity index is 1.57. The second-order valence-corrected chi connectivity index (χ2v) is 6.63. The molecular weight excluding hydrogens is 393 g/mol. The molecule has 30 heavy (non-hydrogen) atoms. The van der Waals surface area contributed by atoms with E-state index in [1.165, 1.54) is 18.3 Å². The molecule has 0 fully saturated rings. The van der Waals surface area contributed by atoms with Crippen molar-refractivity contribution in [3.63, 3.8) is 0 Å². The van der Waals surface area contributed by atoms with E-state index in [-0.39, 0.29) is 23.8 Å². The molecule has 0 aliphatic carbocycles. The average molecular weight is 410 g/mol. The van der Waals surface area contributed by atoms with Gasteiger partial charge in [-0.3, -0.25) is 9.78 Å². The number of hydrogen-bond acceptors (Lipinski definition) is 4. The molecule has 1 aliphatic heterocycles. The Morgan fingerprint density at radius 3 is 2.60 bits per heavy atom. The molecule has 2 heterocycles. The number of nitrogens with one attached hydrogen (secondary N) is 3. The minimum atomic E-state index is -4.55. The number of aromatic nitrogens is 1. The van der Waals surface area contributed by atoms with Gasteiger partial charge >= 0.3 is 6.18 Å². The molecule has 0 atom stereocenters. The summed E-state index contributed by atoms with van der Waals surface area (Å²) in [6.07, 6.45) is -1.55. The number of pyridine rings is 1. The van der Waals surface area contributed by atoms with Gasteiger partial charge in [0, 0.05) is 35.0 Å². The highest BCUT2D eigenvalue weighted by Gasteiger charge is 2.34. The first-order chi connectivity index (χ1) is 14.4. The standard InChI is InChI=1S/C22H17F3N4O/c23-22(24,25)18-11-14(8-9-20(18)28-12-15-5-3-4-10-26-15)27-13-17-16-6-1-2-7-19(16)29-21(17)30/h1-11,13,27-28H,12H2,(H,29,30). The summed E-state index contributed by atoms with van der Waals surface area (Å²) in [5, 5.41) is 8.32. The summed E-state index contributed by atoms with van der Waals surface area (Å²) < 4.78 is 40.8. The number of amides is 1. The van der Waals surface area contributed by atoms with Crippen molar-refractivity contribution in [2.24, 2.45) is 0 Å². The fourth-order valence-corrected chi connectivity index (χ4v) is 3.15. The van der Waals surface area contributed by atoms with Crippen LogP contribution in [-0.4, -0.2) is 10.9 Å². The van der Waals surface area contributed by atoms with Crippen molar-refractivity contribution in [1.29, 1.82) is 0 Å². The van der Waals surface area contributed by atoms with Crippen LogP contribution in [-0.2, 0) is 17.5 Å². The van der Waals surface area contributed by atoms with E-state index in [4.69, 9.17) is 0 Å². The summed E-state index contributed by atoms with van der Waals surface area (Å²) in [4.78, 5) is 16.2. The Hall–Kier alpha value is -3.81. The van der Waals surface area contributed by atoms with E-state index in [1.54, 1.807) is 48.7 Å². The number of benzene rings is 2. The number of rotatable bonds is 5. The second kappa shape index (κ2) is 7.90. The molecule has 4 rings (SSSR count). The zero-order chi connectivity index (χ0) is 21.1. The minimum Gasteiger partial charge on any atom is -0.379 e. The molecule has 1 aromatic heterocycles. The number of anilines is 3. The van der Waals surface area contributed by atoms with Gasteiger partial charge < -0.3 is 16.0 Å². The van der Waals surface area contributed by atoms with Crippen LogP contribution in [0.2, 0.25) is 0 Å². The highest BCUT2D eigenvalue weighted by atomic mass is 19.4. The minimum absolute atomic E-state index is 0.0460. The van der Waals surface area contributed by atoms with Gasteiger partial charge in [-0.05, 0) is 36.4 Å². The lowest BCUT2D eigenvalue weighted by Gasteiger charge is -2.16. The van der Waals surface area contributed by atoms with E-state index < -0.39 is 11.7 Å². The first-order valence-corrected chi connectivity index (χ1v) is 9.14. The van der Waals surface area contributed by atoms with Crippen LogP contribution in [0, 0.1) is 0 Å². The third-order valence-electron chi connectivity index (χ3n) is 4.60. The van der Waals surface area contributed by atoms with Crippen molar-refractivity contribution in [1.82, 2.24) is 4.98 Å². The third kappa shape index (κ3) is 4.12. The van der Waals surface area contributed by atoms with E-state index in [0.717, 1.165) is 6.07 Å². The first-order valence-electron chi connectivity index (χ1n) is 9.14. The largest absolute Gasteiger partial charge is 0.418 e. The molecule has 0 saturated carbocycles. The molecule has 152 valence electrons. The number of carbonyl (C=O) groups excluding carboxylic acids is 1. The summed E-state index contributed by atoms with van der Waals surface area (Å²) in [5.74, 6) is -0.312. The lowest BCUT2D eigenvalue weighted by atomic mass is 10.1. The van der Waals surface area contributed by atoms with E-state index in [0.29, 0.717) is 22.5 Å². The predicted octanol–water partition coefficient (Wildman–Crippen LogP) is 5.12. The van der Waals surface area contributed by atoms with Crippen molar-refractivity contribution in [3.05, 3.63) is 89.9 Å². The summed E-state index contributed by atoms with van der Waals surface area (Å²) in [6.45, 7) is 0.164. The number of nitrogens with zero attached hydrogens (tertiary/aromatic N) is 1. The summed E-state index contributed by atoms with van der Waals surface area (Å²) in [7, 11) is 0. The van der Waals surface area contributed by atoms with E-state index >= 15 is 0 Å². The van der Waals surface area contributed by atoms with E-state index in [9.17, 15) is 18.0 Å². The Morgan fingerprint density at radius 2 is 1.83 bits per heavy atom. The molecule has 2 aromatic carbocycles. The molecule has 8 heteroatoms. The number of carbonyl (C=O) groups is 1. The highest BCUT2D eigenvalue weighted by molar-refractivity contribution is 6.31. The zero-order valence-electron chi connectivity index (χ0n) is 15.6. The van der Waals surface area contributed by atoms with Gasteiger partial charge in [0.15, 0.2) is 0 Å². The van der Waals surface area contributed by atoms with Gasteiger partial charge in [-0.2, -0.15) is 13.2 Å². The van der Waals surface area contributed by atoms with Crippen LogP contribution >= 0.6 is 0 Å². The molecule has 1 amide bonds. The van der Waals surface area contributed by atoms with Gasteiger partial charge in [-0.15, -0.1) is 0 Å². The van der Waals surface area contributed by atoms with Gasteiger partial charge in [0.2, 0.25) is 0 Å². The van der Waals surface area contributed by atoms with Gasteiger partial charge in [0.05, 0.1) is 23.4 Å². The number of hydrogen-bond donors (Lipinski definition) is 3. The van der Waals surface area contributed by atoms with E-state index in [2.05, 4.69) is 20.9 Å². The Labute approximate surface area is 170 Å². The molecule has 3 aromatic rings. The first kappa shape index (κ1) is 19.5. The molecule has 1 aliphatic rings. The molecule has 0 unspecified atom stereocenters. The predicted molar refractivity (Wildman–Crippen MR) is 110 cm³/mol. The number of para-hydroxylation sites is 1. The summed E-state index contributed by atoms with van der Waals surface area (Å²) in [6, 6.07) is 16.2. The molecule has 0 radical (unpaired) electrons. The second-order valence-electron chi connectivity index (χ2n) is 6.63. The van der Waals surface area contributed by atoms with Gasteiger partial charge in [0.1, 0.15) is 0 Å². The van der Waals surface area contributed by atoms with Crippen molar-refractivity contribution < 1.29 is 18.0 Å². The maximum atomic E-state index is 13.6. The van der Waals surface area contributed by atoms with Crippen LogP contribution in [0.1, 0.15) is 16.8 Å². The monoisotopic (exact) mass is 410 g/mol. The lowest BCUT2D eigenvalue weighted by molar-refractivity contribution is -0.136. The number of halogens is 3. The van der Waals surface area contributed by atoms with Gasteiger partial charge in [0.25, 0.3) is 5.91 Å². The van der Waals surface area contributed by atoms with Crippen LogP contribution in [0.15, 0.2) is 73.1 Å². The van der Waals surface area contributed by atoms with Crippen LogP contribution < -0.4 is 16.0 Å². The Kier molecular flexibility index (Phi) is 5.14. The smallest absolute Gasteiger partial charge is 0.379 e. The quantitative estimate of drug-likeness (QED) is 0.511. The highest BCUT2D eigenvalue weighted by Crippen LogP contribution is 2.37. The molecule has 0 spiro atoms. The molecule has 0 bridgehead atoms. The number of alkyl halides is 3. The fourth-order valence-electron chi connectivity index (χ4n) is 3.15. The third-order valence-corrected chi connectivity index (χ3v) is 4.60. The topological polar surface area (TPSA) is 66.1 Å². The van der Waals surface area contributed by atoms with E-state index in [1.807, 2.05) is 0 Å². The summed E-state index contributed by atoms with van der Waals surface area (Å²) >= 11 is 0. The van der Waals surface area contributed by atoms with Crippen LogP contribution in [0.4, 0.5) is 30.2 Å². The van der Waals surface area contributed by atoms with Gasteiger partial charge in [-0.25, -0.2) is 0 Å². The molecule has 5 nitrogen and oxygen atoms in total. The molecule has 0 saturated heterocycles. The summed E-state index contributed by atoms with van der Waals surface area (Å²) in [5.41, 5.74) is 1.71. The number of fused-ring (bicyclic) bond motifs is 1. The zero-order valence-corrected chi connectivity index (χ0v) is 15.6. The van der Waals surface area contributed by atoms with Crippen molar-refractivity contribution in [2.75, 3.05) is 16.0 Å². The maximum absolute atomic E-state index is 13.6. The van der Waals surface area contributed by atoms with Crippen LogP contribution in [0.5, 0.6) is 0 Å². The lowest BCUT2D eigenvalue weighted by Crippen LogP contribution is -2.12. The average Bonchev–Trinajstić information content (AvgIpc) is 3.06.